The van der Waals surface area contributed by atoms with Crippen LogP contribution in [0.5, 0.6) is 0 Å². The zero-order valence-corrected chi connectivity index (χ0v) is 13.5. The van der Waals surface area contributed by atoms with Gasteiger partial charge in [-0.1, -0.05) is 41.6 Å². The monoisotopic (exact) mass is 334 g/mol. The van der Waals surface area contributed by atoms with Crippen LogP contribution >= 0.6 is 23.4 Å². The molecule has 1 unspecified atom stereocenters. The molecule has 1 atom stereocenters. The molecule has 1 heterocycles. The van der Waals surface area contributed by atoms with E-state index in [9.17, 15) is 4.79 Å². The van der Waals surface area contributed by atoms with Gasteiger partial charge in [-0.3, -0.25) is 4.79 Å². The number of ether oxygens (including phenoxy) is 1. The van der Waals surface area contributed by atoms with E-state index in [4.69, 9.17) is 16.3 Å². The zero-order valence-electron chi connectivity index (χ0n) is 12.0. The van der Waals surface area contributed by atoms with E-state index in [2.05, 4.69) is 5.32 Å². The van der Waals surface area contributed by atoms with Gasteiger partial charge in [-0.05, 0) is 30.3 Å². The summed E-state index contributed by atoms with van der Waals surface area (Å²) in [4.78, 5) is 15.0. The van der Waals surface area contributed by atoms with Gasteiger partial charge < -0.3 is 15.0 Å². The second-order valence-electron chi connectivity index (χ2n) is 4.87. The Morgan fingerprint density at radius 3 is 2.86 bits per heavy atom. The number of fused-ring (bicyclic) bond motifs is 1. The Morgan fingerprint density at radius 1 is 1.32 bits per heavy atom. The molecule has 0 aliphatic carbocycles. The highest BCUT2D eigenvalue weighted by Gasteiger charge is 2.28. The number of para-hydroxylation sites is 1. The van der Waals surface area contributed by atoms with E-state index in [-0.39, 0.29) is 18.1 Å². The van der Waals surface area contributed by atoms with Gasteiger partial charge in [0.1, 0.15) is 6.61 Å². The Balaban J connectivity index is 1.56. The highest BCUT2D eigenvalue weighted by Crippen LogP contribution is 2.43. The molecule has 0 fully saturated rings. The fraction of sp³-hybridized carbons (Fsp3) is 0.188. The second kappa shape index (κ2) is 6.60. The molecule has 0 bridgehead atoms. The van der Waals surface area contributed by atoms with Gasteiger partial charge in [0.25, 0.3) is 5.91 Å². The Morgan fingerprint density at radius 2 is 2.09 bits per heavy atom. The molecule has 6 heteroatoms. The van der Waals surface area contributed by atoms with Crippen LogP contribution in [0.4, 0.5) is 11.4 Å². The number of hydrogen-bond donors (Lipinski definition) is 1. The van der Waals surface area contributed by atoms with Crippen LogP contribution in [0.15, 0.2) is 53.4 Å². The lowest BCUT2D eigenvalue weighted by Gasteiger charge is -2.21. The van der Waals surface area contributed by atoms with Crippen molar-refractivity contribution in [1.82, 2.24) is 0 Å². The summed E-state index contributed by atoms with van der Waals surface area (Å²) in [6.07, 6.45) is 0. The lowest BCUT2D eigenvalue weighted by molar-refractivity contribution is -0.121. The van der Waals surface area contributed by atoms with Crippen molar-refractivity contribution < 1.29 is 9.53 Å². The summed E-state index contributed by atoms with van der Waals surface area (Å²) in [5.74, 6) is -0.172. The molecule has 0 saturated carbocycles. The number of halogens is 1. The third kappa shape index (κ3) is 3.38. The lowest BCUT2D eigenvalue weighted by Crippen LogP contribution is -2.30. The number of nitrogens with zero attached hydrogens (tertiary/aromatic N) is 1. The summed E-state index contributed by atoms with van der Waals surface area (Å²) < 4.78 is 5.71. The number of nitrogens with one attached hydrogen (secondary N) is 1. The van der Waals surface area contributed by atoms with Gasteiger partial charge in [-0.2, -0.15) is 0 Å². The summed E-state index contributed by atoms with van der Waals surface area (Å²) in [5.41, 5.74) is 1.59. The highest BCUT2D eigenvalue weighted by molar-refractivity contribution is 8.00. The van der Waals surface area contributed by atoms with Gasteiger partial charge in [0.2, 0.25) is 0 Å². The number of benzene rings is 2. The number of carbonyl (C=O) groups is 1. The molecule has 0 saturated heterocycles. The van der Waals surface area contributed by atoms with Gasteiger partial charge >= 0.3 is 0 Å². The second-order valence-corrected chi connectivity index (χ2v) is 6.39. The Hall–Kier alpha value is -1.69. The SMILES string of the molecule is CN1c2ccc(Cl)cc2SC1OCC(=O)Nc1ccccc1. The van der Waals surface area contributed by atoms with Gasteiger partial charge in [0, 0.05) is 22.7 Å². The van der Waals surface area contributed by atoms with E-state index in [0.29, 0.717) is 5.02 Å². The Bertz CT molecular complexity index is 681. The van der Waals surface area contributed by atoms with E-state index in [1.54, 1.807) is 11.8 Å². The van der Waals surface area contributed by atoms with Crippen molar-refractivity contribution in [3.63, 3.8) is 0 Å². The first-order valence-corrected chi connectivity index (χ1v) is 8.05. The van der Waals surface area contributed by atoms with Crippen molar-refractivity contribution in [2.24, 2.45) is 0 Å². The number of thioether (sulfide) groups is 1. The highest BCUT2D eigenvalue weighted by atomic mass is 35.5. The maximum Gasteiger partial charge on any atom is 0.250 e. The van der Waals surface area contributed by atoms with Crippen LogP contribution in [0.25, 0.3) is 0 Å². The molecular weight excluding hydrogens is 320 g/mol. The third-order valence-corrected chi connectivity index (χ3v) is 4.73. The van der Waals surface area contributed by atoms with Crippen molar-refractivity contribution in [1.29, 1.82) is 0 Å². The predicted molar refractivity (Wildman–Crippen MR) is 90.5 cm³/mol. The van der Waals surface area contributed by atoms with E-state index in [0.717, 1.165) is 16.3 Å². The average molecular weight is 335 g/mol. The molecule has 1 amide bonds. The summed E-state index contributed by atoms with van der Waals surface area (Å²) in [6, 6.07) is 15.0. The summed E-state index contributed by atoms with van der Waals surface area (Å²) >= 11 is 7.55. The van der Waals surface area contributed by atoms with Gasteiger partial charge in [0.05, 0.1) is 5.69 Å². The van der Waals surface area contributed by atoms with Crippen LogP contribution in [0, 0.1) is 0 Å². The van der Waals surface area contributed by atoms with Crippen molar-refractivity contribution in [2.75, 3.05) is 23.9 Å². The van der Waals surface area contributed by atoms with Crippen molar-refractivity contribution >= 4 is 40.6 Å². The van der Waals surface area contributed by atoms with E-state index in [1.807, 2.05) is 60.5 Å². The fourth-order valence-corrected chi connectivity index (χ4v) is 3.58. The smallest absolute Gasteiger partial charge is 0.250 e. The Labute approximate surface area is 138 Å². The van der Waals surface area contributed by atoms with Gasteiger partial charge in [0.15, 0.2) is 5.56 Å². The molecule has 3 rings (SSSR count). The van der Waals surface area contributed by atoms with Crippen LogP contribution in [0.3, 0.4) is 0 Å². The number of rotatable bonds is 4. The molecule has 1 aliphatic heterocycles. The van der Waals surface area contributed by atoms with Gasteiger partial charge in [-0.15, -0.1) is 0 Å². The topological polar surface area (TPSA) is 41.6 Å². The molecule has 114 valence electrons. The minimum atomic E-state index is -0.227. The number of hydrogen-bond acceptors (Lipinski definition) is 4. The molecule has 0 radical (unpaired) electrons. The maximum atomic E-state index is 11.9. The Kier molecular flexibility index (Phi) is 4.57. The normalized spacial score (nSPS) is 16.5. The number of anilines is 2. The lowest BCUT2D eigenvalue weighted by atomic mass is 10.3. The zero-order chi connectivity index (χ0) is 15.5. The fourth-order valence-electron chi connectivity index (χ4n) is 2.19. The molecule has 4 nitrogen and oxygen atoms in total. The quantitative estimate of drug-likeness (QED) is 0.923. The largest absolute Gasteiger partial charge is 0.339 e. The van der Waals surface area contributed by atoms with Crippen LogP contribution < -0.4 is 10.2 Å². The summed E-state index contributed by atoms with van der Waals surface area (Å²) in [5, 5.41) is 3.49. The number of carbonyl (C=O) groups excluding carboxylic acids is 1. The number of amides is 1. The summed E-state index contributed by atoms with van der Waals surface area (Å²) in [7, 11) is 1.94. The predicted octanol–water partition coefficient (Wildman–Crippen LogP) is 3.82. The van der Waals surface area contributed by atoms with Crippen molar-refractivity contribution in [3.8, 4) is 0 Å². The summed E-state index contributed by atoms with van der Waals surface area (Å²) in [6.45, 7) is -0.00137. The van der Waals surface area contributed by atoms with Crippen LogP contribution in [0.2, 0.25) is 5.02 Å². The van der Waals surface area contributed by atoms with Crippen molar-refractivity contribution in [3.05, 3.63) is 53.6 Å². The molecule has 0 aromatic heterocycles. The van der Waals surface area contributed by atoms with Crippen LogP contribution in [0.1, 0.15) is 0 Å². The molecule has 1 aliphatic rings. The molecular formula is C16H15ClN2O2S. The molecule has 0 spiro atoms. The van der Waals surface area contributed by atoms with E-state index < -0.39 is 0 Å². The minimum absolute atomic E-state index is 0.00137. The first-order valence-electron chi connectivity index (χ1n) is 6.79. The molecule has 1 N–H and O–H groups in total. The third-order valence-electron chi connectivity index (χ3n) is 3.26. The van der Waals surface area contributed by atoms with E-state index in [1.165, 1.54) is 0 Å². The first kappa shape index (κ1) is 15.2. The standard InChI is InChI=1S/C16H15ClN2O2S/c1-19-13-8-7-11(17)9-14(13)22-16(19)21-10-15(20)18-12-5-3-2-4-6-12/h2-9,16H,10H2,1H3,(H,18,20). The van der Waals surface area contributed by atoms with Crippen LogP contribution in [-0.4, -0.2) is 25.1 Å². The van der Waals surface area contributed by atoms with Gasteiger partial charge in [-0.25, -0.2) is 0 Å². The van der Waals surface area contributed by atoms with Crippen LogP contribution in [-0.2, 0) is 9.53 Å². The maximum absolute atomic E-state index is 11.9. The minimum Gasteiger partial charge on any atom is -0.339 e. The molecule has 2 aromatic carbocycles. The van der Waals surface area contributed by atoms with E-state index >= 15 is 0 Å². The first-order chi connectivity index (χ1) is 10.6. The average Bonchev–Trinajstić information content (AvgIpc) is 2.82. The van der Waals surface area contributed by atoms with Crippen molar-refractivity contribution in [2.45, 2.75) is 10.5 Å². The molecule has 22 heavy (non-hydrogen) atoms. The molecule has 2 aromatic rings.